The summed E-state index contributed by atoms with van der Waals surface area (Å²) in [7, 11) is 0. The van der Waals surface area contributed by atoms with Crippen molar-refractivity contribution in [2.24, 2.45) is 0 Å². The van der Waals surface area contributed by atoms with E-state index in [1.54, 1.807) is 11.2 Å². The Morgan fingerprint density at radius 1 is 1.20 bits per heavy atom. The minimum absolute atomic E-state index is 0.0531. The molecule has 1 spiro atoms. The van der Waals surface area contributed by atoms with Gasteiger partial charge in [0.1, 0.15) is 5.54 Å². The third-order valence-corrected chi connectivity index (χ3v) is 5.08. The first kappa shape index (κ1) is 15.6. The number of fused-ring (bicyclic) bond motifs is 1. The monoisotopic (exact) mass is 341 g/mol. The summed E-state index contributed by atoms with van der Waals surface area (Å²) in [6, 6.07) is 7.37. The molecule has 1 aromatic carbocycles. The van der Waals surface area contributed by atoms with Gasteiger partial charge >= 0.3 is 6.03 Å². The lowest BCUT2D eigenvalue weighted by Crippen LogP contribution is -2.55. The second kappa shape index (κ2) is 5.87. The number of imidazole rings is 1. The normalized spacial score (nSPS) is 19.3. The second-order valence-corrected chi connectivity index (χ2v) is 6.55. The summed E-state index contributed by atoms with van der Waals surface area (Å²) in [6.07, 6.45) is 3.03. The zero-order valence-corrected chi connectivity index (χ0v) is 13.7. The van der Waals surface area contributed by atoms with Crippen LogP contribution >= 0.6 is 0 Å². The summed E-state index contributed by atoms with van der Waals surface area (Å²) in [5, 5.41) is 4.98. The van der Waals surface area contributed by atoms with Gasteiger partial charge in [-0.05, 0) is 25.0 Å². The van der Waals surface area contributed by atoms with Gasteiger partial charge in [0, 0.05) is 26.1 Å². The molecule has 4 rings (SSSR count). The van der Waals surface area contributed by atoms with Gasteiger partial charge in [-0.1, -0.05) is 12.1 Å². The molecule has 2 aromatic rings. The minimum Gasteiger partial charge on any atom is -0.342 e. The third kappa shape index (κ3) is 2.73. The van der Waals surface area contributed by atoms with E-state index in [1.165, 1.54) is 0 Å². The number of rotatable bonds is 3. The van der Waals surface area contributed by atoms with Gasteiger partial charge in [-0.3, -0.25) is 14.9 Å². The van der Waals surface area contributed by atoms with Crippen LogP contribution in [0.3, 0.4) is 0 Å². The van der Waals surface area contributed by atoms with Crippen LogP contribution in [-0.2, 0) is 16.1 Å². The number of likely N-dealkylation sites (tertiary alicyclic amines) is 1. The first-order valence-corrected chi connectivity index (χ1v) is 8.39. The molecule has 0 saturated carbocycles. The molecular formula is C17H19N5O3. The molecule has 25 heavy (non-hydrogen) atoms. The Morgan fingerprint density at radius 2 is 1.96 bits per heavy atom. The number of nitrogens with one attached hydrogen (secondary N) is 2. The number of carbonyl (C=O) groups excluding carboxylic acids is 3. The highest BCUT2D eigenvalue weighted by Crippen LogP contribution is 2.26. The van der Waals surface area contributed by atoms with Gasteiger partial charge in [-0.25, -0.2) is 9.78 Å². The van der Waals surface area contributed by atoms with Crippen LogP contribution in [-0.4, -0.2) is 50.9 Å². The summed E-state index contributed by atoms with van der Waals surface area (Å²) in [5.41, 5.74) is 1.09. The SMILES string of the molecule is O=C1NC(=O)C2(CCN(C(=O)CCn3cnc4ccccc43)CC2)N1. The molecule has 0 bridgehead atoms. The van der Waals surface area contributed by atoms with E-state index in [2.05, 4.69) is 15.6 Å². The van der Waals surface area contributed by atoms with Gasteiger partial charge in [-0.15, -0.1) is 0 Å². The maximum Gasteiger partial charge on any atom is 0.322 e. The Bertz CT molecular complexity index is 851. The number of hydrogen-bond acceptors (Lipinski definition) is 4. The Labute approximate surface area is 144 Å². The van der Waals surface area contributed by atoms with E-state index >= 15 is 0 Å². The molecule has 4 amide bonds. The van der Waals surface area contributed by atoms with Gasteiger partial charge in [0.2, 0.25) is 5.91 Å². The summed E-state index contributed by atoms with van der Waals surface area (Å²) < 4.78 is 1.98. The fraction of sp³-hybridized carbons (Fsp3) is 0.412. The highest BCUT2D eigenvalue weighted by Gasteiger charge is 2.48. The van der Waals surface area contributed by atoms with Crippen LogP contribution in [0.1, 0.15) is 19.3 Å². The summed E-state index contributed by atoms with van der Waals surface area (Å²) in [6.45, 7) is 1.51. The number of piperidine rings is 1. The second-order valence-electron chi connectivity index (χ2n) is 6.55. The van der Waals surface area contributed by atoms with Crippen LogP contribution < -0.4 is 10.6 Å². The van der Waals surface area contributed by atoms with Crippen LogP contribution in [0.5, 0.6) is 0 Å². The topological polar surface area (TPSA) is 96.3 Å². The van der Waals surface area contributed by atoms with Crippen molar-refractivity contribution in [3.63, 3.8) is 0 Å². The van der Waals surface area contributed by atoms with Crippen molar-refractivity contribution >= 4 is 28.9 Å². The van der Waals surface area contributed by atoms with E-state index in [4.69, 9.17) is 0 Å². The number of imide groups is 1. The molecule has 2 saturated heterocycles. The number of aryl methyl sites for hydroxylation is 1. The van der Waals surface area contributed by atoms with Gasteiger partial charge in [-0.2, -0.15) is 0 Å². The molecular weight excluding hydrogens is 322 g/mol. The number of carbonyl (C=O) groups is 3. The van der Waals surface area contributed by atoms with Crippen LogP contribution in [0, 0.1) is 0 Å². The molecule has 2 fully saturated rings. The van der Waals surface area contributed by atoms with Crippen LogP contribution in [0.2, 0.25) is 0 Å². The van der Waals surface area contributed by atoms with Gasteiger partial charge in [0.05, 0.1) is 17.4 Å². The highest BCUT2D eigenvalue weighted by molar-refractivity contribution is 6.07. The Hall–Kier alpha value is -2.90. The summed E-state index contributed by atoms with van der Waals surface area (Å²) in [5.74, 6) is -0.230. The standard InChI is InChI=1S/C17H19N5O3/c23-14(5-8-22-11-18-12-3-1-2-4-13(12)22)21-9-6-17(7-10-21)15(24)19-16(25)20-17/h1-4,11H,5-10H2,(H2,19,20,24,25). The van der Waals surface area contributed by atoms with Crippen molar-refractivity contribution < 1.29 is 14.4 Å². The number of aromatic nitrogens is 2. The van der Waals surface area contributed by atoms with Crippen molar-refractivity contribution in [2.75, 3.05) is 13.1 Å². The summed E-state index contributed by atoms with van der Waals surface area (Å²) >= 11 is 0. The van der Waals surface area contributed by atoms with E-state index in [-0.39, 0.29) is 11.8 Å². The zero-order valence-electron chi connectivity index (χ0n) is 13.7. The molecule has 8 nitrogen and oxygen atoms in total. The van der Waals surface area contributed by atoms with Gasteiger partial charge < -0.3 is 14.8 Å². The molecule has 2 aliphatic rings. The highest BCUT2D eigenvalue weighted by atomic mass is 16.2. The predicted molar refractivity (Wildman–Crippen MR) is 89.6 cm³/mol. The van der Waals surface area contributed by atoms with Crippen molar-refractivity contribution in [2.45, 2.75) is 31.3 Å². The lowest BCUT2D eigenvalue weighted by molar-refractivity contribution is -0.136. The van der Waals surface area contributed by atoms with Crippen molar-refractivity contribution in [3.8, 4) is 0 Å². The maximum absolute atomic E-state index is 12.5. The van der Waals surface area contributed by atoms with Gasteiger partial charge in [0.25, 0.3) is 5.91 Å². The molecule has 0 radical (unpaired) electrons. The van der Waals surface area contributed by atoms with E-state index in [0.29, 0.717) is 38.9 Å². The summed E-state index contributed by atoms with van der Waals surface area (Å²) in [4.78, 5) is 41.9. The van der Waals surface area contributed by atoms with E-state index in [9.17, 15) is 14.4 Å². The van der Waals surface area contributed by atoms with E-state index in [1.807, 2.05) is 28.8 Å². The number of urea groups is 1. The Kier molecular flexibility index (Phi) is 3.67. The van der Waals surface area contributed by atoms with Crippen LogP contribution in [0.25, 0.3) is 11.0 Å². The molecule has 2 N–H and O–H groups in total. The molecule has 0 unspecified atom stereocenters. The molecule has 3 heterocycles. The lowest BCUT2D eigenvalue weighted by Gasteiger charge is -2.37. The Balaban J connectivity index is 1.35. The van der Waals surface area contributed by atoms with Crippen LogP contribution in [0.4, 0.5) is 4.79 Å². The number of benzene rings is 1. The molecule has 1 aromatic heterocycles. The molecule has 8 heteroatoms. The largest absolute Gasteiger partial charge is 0.342 e. The maximum atomic E-state index is 12.5. The average molecular weight is 341 g/mol. The van der Waals surface area contributed by atoms with Crippen molar-refractivity contribution in [1.82, 2.24) is 25.1 Å². The number of para-hydroxylation sites is 2. The fourth-order valence-electron chi connectivity index (χ4n) is 3.58. The smallest absolute Gasteiger partial charge is 0.322 e. The number of hydrogen-bond donors (Lipinski definition) is 2. The number of amides is 4. The number of nitrogens with zero attached hydrogens (tertiary/aromatic N) is 3. The van der Waals surface area contributed by atoms with Crippen molar-refractivity contribution in [1.29, 1.82) is 0 Å². The first-order valence-electron chi connectivity index (χ1n) is 8.39. The third-order valence-electron chi connectivity index (χ3n) is 5.08. The first-order chi connectivity index (χ1) is 12.1. The Morgan fingerprint density at radius 3 is 2.68 bits per heavy atom. The molecule has 0 aliphatic carbocycles. The van der Waals surface area contributed by atoms with Crippen molar-refractivity contribution in [3.05, 3.63) is 30.6 Å². The van der Waals surface area contributed by atoms with E-state index < -0.39 is 11.6 Å². The zero-order chi connectivity index (χ0) is 17.4. The van der Waals surface area contributed by atoms with Crippen LogP contribution in [0.15, 0.2) is 30.6 Å². The average Bonchev–Trinajstić information content (AvgIpc) is 3.14. The molecule has 2 aliphatic heterocycles. The molecule has 0 atom stereocenters. The fourth-order valence-corrected chi connectivity index (χ4v) is 3.58. The lowest BCUT2D eigenvalue weighted by atomic mass is 9.87. The quantitative estimate of drug-likeness (QED) is 0.800. The molecule has 130 valence electrons. The minimum atomic E-state index is -0.839. The predicted octanol–water partition coefficient (Wildman–Crippen LogP) is 0.627. The van der Waals surface area contributed by atoms with E-state index in [0.717, 1.165) is 11.0 Å². The van der Waals surface area contributed by atoms with Gasteiger partial charge in [0.15, 0.2) is 0 Å².